The Balaban J connectivity index is 1.70. The molecule has 7 heteroatoms. The van der Waals surface area contributed by atoms with Crippen molar-refractivity contribution in [3.8, 4) is 29.4 Å². The molecule has 1 aliphatic carbocycles. The summed E-state index contributed by atoms with van der Waals surface area (Å²) in [6.45, 7) is 0.493. The van der Waals surface area contributed by atoms with Crippen LogP contribution in [0.2, 0.25) is 0 Å². The number of rotatable bonds is 10. The molecule has 3 rings (SSSR count). The Morgan fingerprint density at radius 1 is 0.970 bits per heavy atom. The topological polar surface area (TPSA) is 121 Å². The first kappa shape index (κ1) is 24.1. The van der Waals surface area contributed by atoms with Gasteiger partial charge in [0.25, 0.3) is 5.91 Å². The number of carbonyl (C=O) groups excluding carboxylic acids is 1. The van der Waals surface area contributed by atoms with Gasteiger partial charge in [-0.3, -0.25) is 4.79 Å². The second kappa shape index (κ2) is 12.5. The van der Waals surface area contributed by atoms with Crippen molar-refractivity contribution in [1.29, 1.82) is 10.5 Å². The summed E-state index contributed by atoms with van der Waals surface area (Å²) < 4.78 is 11.8. The zero-order valence-electron chi connectivity index (χ0n) is 18.8. The molecule has 7 nitrogen and oxygen atoms in total. The van der Waals surface area contributed by atoms with E-state index >= 15 is 0 Å². The largest absolute Gasteiger partial charge is 0.493 e. The van der Waals surface area contributed by atoms with Gasteiger partial charge >= 0.3 is 0 Å². The number of hydrogen-bond acceptors (Lipinski definition) is 6. The monoisotopic (exact) mass is 446 g/mol. The highest BCUT2D eigenvalue weighted by molar-refractivity contribution is 5.95. The van der Waals surface area contributed by atoms with E-state index in [2.05, 4.69) is 17.5 Å². The van der Waals surface area contributed by atoms with E-state index in [0.717, 1.165) is 44.9 Å². The minimum Gasteiger partial charge on any atom is -0.493 e. The van der Waals surface area contributed by atoms with E-state index in [1.807, 2.05) is 0 Å². The highest BCUT2D eigenvalue weighted by Crippen LogP contribution is 2.28. The lowest BCUT2D eigenvalue weighted by atomic mass is 9.91. The maximum Gasteiger partial charge on any atom is 0.251 e. The fraction of sp³-hybridized carbons (Fsp3) is 0.423. The third kappa shape index (κ3) is 7.82. The van der Waals surface area contributed by atoms with Gasteiger partial charge in [-0.15, -0.1) is 0 Å². The van der Waals surface area contributed by atoms with Gasteiger partial charge in [-0.1, -0.05) is 0 Å². The number of carbonyl (C=O) groups is 1. The Kier molecular flexibility index (Phi) is 9.11. The summed E-state index contributed by atoms with van der Waals surface area (Å²) in [6.07, 6.45) is 6.70. The highest BCUT2D eigenvalue weighted by atomic mass is 16.5. The van der Waals surface area contributed by atoms with Crippen LogP contribution in [0.3, 0.4) is 0 Å². The Morgan fingerprint density at radius 2 is 1.70 bits per heavy atom. The minimum absolute atomic E-state index is 0.116. The molecule has 1 saturated carbocycles. The van der Waals surface area contributed by atoms with E-state index in [-0.39, 0.29) is 18.0 Å². The van der Waals surface area contributed by atoms with Gasteiger partial charge in [0.05, 0.1) is 24.3 Å². The van der Waals surface area contributed by atoms with Crippen LogP contribution in [0.1, 0.15) is 67.3 Å². The molecule has 2 aromatic rings. The van der Waals surface area contributed by atoms with Crippen LogP contribution in [0.4, 0.5) is 0 Å². The average Bonchev–Trinajstić information content (AvgIpc) is 2.83. The van der Waals surface area contributed by atoms with Crippen molar-refractivity contribution in [3.05, 3.63) is 53.6 Å². The molecular formula is C26H30N4O3. The number of benzene rings is 2. The van der Waals surface area contributed by atoms with Crippen LogP contribution < -0.4 is 20.5 Å². The molecule has 0 heterocycles. The third-order valence-corrected chi connectivity index (χ3v) is 5.67. The summed E-state index contributed by atoms with van der Waals surface area (Å²) in [6, 6.07) is 16.5. The Bertz CT molecular complexity index is 1000. The number of hydrogen-bond donors (Lipinski definition) is 2. The van der Waals surface area contributed by atoms with Gasteiger partial charge in [0.2, 0.25) is 0 Å². The number of unbranched alkanes of at least 4 members (excludes halogenated alkanes) is 3. The molecule has 1 amide bonds. The number of amides is 1. The molecule has 172 valence electrons. The summed E-state index contributed by atoms with van der Waals surface area (Å²) in [5.74, 6) is 1.43. The molecule has 0 spiro atoms. The van der Waals surface area contributed by atoms with Crippen molar-refractivity contribution in [2.45, 2.75) is 63.5 Å². The van der Waals surface area contributed by atoms with E-state index in [1.54, 1.807) is 42.5 Å². The van der Waals surface area contributed by atoms with Crippen LogP contribution in [0.5, 0.6) is 17.2 Å². The molecule has 0 saturated heterocycles. The molecule has 2 aromatic carbocycles. The van der Waals surface area contributed by atoms with Crippen molar-refractivity contribution in [2.24, 2.45) is 5.73 Å². The van der Waals surface area contributed by atoms with Crippen molar-refractivity contribution in [3.63, 3.8) is 0 Å². The van der Waals surface area contributed by atoms with E-state index in [4.69, 9.17) is 25.7 Å². The first-order chi connectivity index (χ1) is 16.1. The van der Waals surface area contributed by atoms with Gasteiger partial charge < -0.3 is 20.5 Å². The van der Waals surface area contributed by atoms with E-state index in [0.29, 0.717) is 41.4 Å². The van der Waals surface area contributed by atoms with Gasteiger partial charge in [0.1, 0.15) is 17.2 Å². The molecule has 1 fully saturated rings. The smallest absolute Gasteiger partial charge is 0.251 e. The maximum atomic E-state index is 13.0. The molecule has 33 heavy (non-hydrogen) atoms. The van der Waals surface area contributed by atoms with Crippen LogP contribution in [0, 0.1) is 22.7 Å². The first-order valence-electron chi connectivity index (χ1n) is 11.5. The van der Waals surface area contributed by atoms with Gasteiger partial charge in [-0.2, -0.15) is 10.5 Å². The van der Waals surface area contributed by atoms with Gasteiger partial charge in [0, 0.05) is 30.1 Å². The number of nitriles is 2. The summed E-state index contributed by atoms with van der Waals surface area (Å²) in [5, 5.41) is 20.7. The number of nitrogens with one attached hydrogen (secondary N) is 1. The second-order valence-electron chi connectivity index (χ2n) is 8.33. The number of nitrogens with zero attached hydrogens (tertiary/aromatic N) is 2. The Hall–Kier alpha value is -3.55. The summed E-state index contributed by atoms with van der Waals surface area (Å²) >= 11 is 0. The minimum atomic E-state index is -0.167. The second-order valence-corrected chi connectivity index (χ2v) is 8.33. The molecule has 0 aromatic heterocycles. The summed E-state index contributed by atoms with van der Waals surface area (Å²) in [4.78, 5) is 13.0. The van der Waals surface area contributed by atoms with Crippen molar-refractivity contribution < 1.29 is 14.3 Å². The fourth-order valence-electron chi connectivity index (χ4n) is 3.78. The zero-order valence-corrected chi connectivity index (χ0v) is 18.8. The van der Waals surface area contributed by atoms with E-state index in [9.17, 15) is 4.79 Å². The lowest BCUT2D eigenvalue weighted by molar-refractivity contribution is 0.0925. The molecule has 0 aliphatic heterocycles. The third-order valence-electron chi connectivity index (χ3n) is 5.67. The molecule has 0 bridgehead atoms. The standard InChI is InChI=1S/C26H30N4O3/c27-13-3-1-2-4-14-32-24-15-20(26(31)30-22-9-7-21(29)8-10-22)16-25(17-24)33-23-11-5-19(18-28)6-12-23/h5-6,11-12,15-17,21-22H,1-4,7-10,14,29H2,(H,30,31). The van der Waals surface area contributed by atoms with Crippen molar-refractivity contribution >= 4 is 5.91 Å². The predicted molar refractivity (Wildman–Crippen MR) is 125 cm³/mol. The van der Waals surface area contributed by atoms with Crippen molar-refractivity contribution in [2.75, 3.05) is 6.61 Å². The molecule has 0 atom stereocenters. The van der Waals surface area contributed by atoms with E-state index < -0.39 is 0 Å². The Morgan fingerprint density at radius 3 is 2.39 bits per heavy atom. The van der Waals surface area contributed by atoms with Crippen LogP contribution in [0.15, 0.2) is 42.5 Å². The lowest BCUT2D eigenvalue weighted by Gasteiger charge is -2.26. The quantitative estimate of drug-likeness (QED) is 0.505. The number of nitrogens with two attached hydrogens (primary N) is 1. The predicted octanol–water partition coefficient (Wildman–Crippen LogP) is 4.81. The molecule has 1 aliphatic rings. The van der Waals surface area contributed by atoms with E-state index in [1.165, 1.54) is 0 Å². The van der Waals surface area contributed by atoms with Gasteiger partial charge in [0.15, 0.2) is 0 Å². The molecule has 3 N–H and O–H groups in total. The average molecular weight is 447 g/mol. The maximum absolute atomic E-state index is 13.0. The number of ether oxygens (including phenoxy) is 2. The summed E-state index contributed by atoms with van der Waals surface area (Å²) in [7, 11) is 0. The highest BCUT2D eigenvalue weighted by Gasteiger charge is 2.21. The fourth-order valence-corrected chi connectivity index (χ4v) is 3.78. The van der Waals surface area contributed by atoms with Crippen molar-refractivity contribution in [1.82, 2.24) is 5.32 Å². The first-order valence-corrected chi connectivity index (χ1v) is 11.5. The van der Waals surface area contributed by atoms with Crippen LogP contribution >= 0.6 is 0 Å². The molecular weight excluding hydrogens is 416 g/mol. The van der Waals surface area contributed by atoms with Crippen LogP contribution in [-0.2, 0) is 0 Å². The molecule has 0 unspecified atom stereocenters. The van der Waals surface area contributed by atoms with Gasteiger partial charge in [-0.25, -0.2) is 0 Å². The van der Waals surface area contributed by atoms with Crippen LogP contribution in [-0.4, -0.2) is 24.6 Å². The normalized spacial score (nSPS) is 17.4. The zero-order chi connectivity index (χ0) is 23.5. The molecule has 0 radical (unpaired) electrons. The lowest BCUT2D eigenvalue weighted by Crippen LogP contribution is -2.40. The summed E-state index contributed by atoms with van der Waals surface area (Å²) in [5.41, 5.74) is 6.99. The Labute approximate surface area is 195 Å². The van der Waals surface area contributed by atoms with Gasteiger partial charge in [-0.05, 0) is 81.3 Å². The SMILES string of the molecule is N#CCCCCCOc1cc(Oc2ccc(C#N)cc2)cc(C(=O)NC2CCC(N)CC2)c1. The van der Waals surface area contributed by atoms with Crippen LogP contribution in [0.25, 0.3) is 0 Å².